The summed E-state index contributed by atoms with van der Waals surface area (Å²) >= 11 is 6.19. The predicted octanol–water partition coefficient (Wildman–Crippen LogP) is 5.43. The third-order valence-electron chi connectivity index (χ3n) is 4.02. The molecule has 0 saturated carbocycles. The topological polar surface area (TPSA) is 46.3 Å². The fourth-order valence-electron chi connectivity index (χ4n) is 2.80. The van der Waals surface area contributed by atoms with Gasteiger partial charge in [0.15, 0.2) is 5.76 Å². The molecule has 6 heteroatoms. The van der Waals surface area contributed by atoms with E-state index < -0.39 is 0 Å². The predicted molar refractivity (Wildman–Crippen MR) is 103 cm³/mol. The van der Waals surface area contributed by atoms with Crippen LogP contribution in [-0.2, 0) is 6.54 Å². The second-order valence-corrected chi connectivity index (χ2v) is 7.16. The van der Waals surface area contributed by atoms with Crippen molar-refractivity contribution in [2.24, 2.45) is 5.92 Å². The van der Waals surface area contributed by atoms with E-state index in [-0.39, 0.29) is 17.6 Å². The monoisotopic (exact) mass is 386 g/mol. The van der Waals surface area contributed by atoms with Crippen molar-refractivity contribution in [3.05, 3.63) is 76.7 Å². The Morgan fingerprint density at radius 1 is 1.19 bits per heavy atom. The zero-order valence-electron chi connectivity index (χ0n) is 15.2. The number of hydrogen-bond donors (Lipinski definition) is 0. The van der Waals surface area contributed by atoms with Crippen molar-refractivity contribution in [1.29, 1.82) is 0 Å². The number of carbonyl (C=O) groups is 1. The van der Waals surface area contributed by atoms with E-state index in [9.17, 15) is 9.18 Å². The molecule has 3 rings (SSSR count). The van der Waals surface area contributed by atoms with Gasteiger partial charge in [-0.25, -0.2) is 4.39 Å². The molecule has 0 spiro atoms. The lowest BCUT2D eigenvalue weighted by atomic mass is 10.1. The highest BCUT2D eigenvalue weighted by atomic mass is 35.5. The number of hydrogen-bond acceptors (Lipinski definition) is 3. The first kappa shape index (κ1) is 19.1. The van der Waals surface area contributed by atoms with Crippen molar-refractivity contribution in [3.8, 4) is 11.3 Å². The third-order valence-corrected chi connectivity index (χ3v) is 4.35. The highest BCUT2D eigenvalue weighted by Crippen LogP contribution is 2.23. The Balaban J connectivity index is 1.82. The maximum atomic E-state index is 13.1. The van der Waals surface area contributed by atoms with Crippen LogP contribution < -0.4 is 0 Å². The molecule has 27 heavy (non-hydrogen) atoms. The van der Waals surface area contributed by atoms with Crippen molar-refractivity contribution >= 4 is 17.5 Å². The van der Waals surface area contributed by atoms with Gasteiger partial charge in [0.25, 0.3) is 5.91 Å². The number of benzene rings is 2. The summed E-state index contributed by atoms with van der Waals surface area (Å²) in [4.78, 5) is 14.7. The smallest absolute Gasteiger partial charge is 0.255 e. The van der Waals surface area contributed by atoms with Crippen LogP contribution >= 0.6 is 11.6 Å². The lowest BCUT2D eigenvalue weighted by Crippen LogP contribution is -2.34. The summed E-state index contributed by atoms with van der Waals surface area (Å²) in [6, 6.07) is 14.7. The van der Waals surface area contributed by atoms with Gasteiger partial charge < -0.3 is 9.42 Å². The second kappa shape index (κ2) is 8.35. The number of amides is 1. The van der Waals surface area contributed by atoms with E-state index in [1.807, 2.05) is 13.8 Å². The Bertz CT molecular complexity index is 922. The van der Waals surface area contributed by atoms with Crippen molar-refractivity contribution in [3.63, 3.8) is 0 Å². The molecule has 0 aliphatic rings. The molecule has 1 aromatic heterocycles. The molecule has 0 atom stereocenters. The van der Waals surface area contributed by atoms with Crippen molar-refractivity contribution < 1.29 is 13.7 Å². The van der Waals surface area contributed by atoms with E-state index in [2.05, 4.69) is 5.16 Å². The van der Waals surface area contributed by atoms with Crippen molar-refractivity contribution in [2.75, 3.05) is 6.54 Å². The Morgan fingerprint density at radius 3 is 2.56 bits per heavy atom. The summed E-state index contributed by atoms with van der Waals surface area (Å²) < 4.78 is 18.5. The fraction of sp³-hybridized carbons (Fsp3) is 0.238. The maximum absolute atomic E-state index is 13.1. The molecule has 2 aromatic carbocycles. The highest BCUT2D eigenvalue weighted by Gasteiger charge is 2.21. The molecular weight excluding hydrogens is 367 g/mol. The molecule has 0 aliphatic carbocycles. The summed E-state index contributed by atoms with van der Waals surface area (Å²) in [5.74, 6) is 0.340. The molecule has 3 aromatic rings. The molecule has 0 unspecified atom stereocenters. The van der Waals surface area contributed by atoms with Gasteiger partial charge in [0.1, 0.15) is 11.5 Å². The number of aromatic nitrogens is 1. The lowest BCUT2D eigenvalue weighted by Gasteiger charge is -2.24. The van der Waals surface area contributed by atoms with Crippen LogP contribution in [0, 0.1) is 11.7 Å². The first-order chi connectivity index (χ1) is 12.9. The molecule has 0 radical (unpaired) electrons. The molecule has 1 heterocycles. The van der Waals surface area contributed by atoms with Gasteiger partial charge in [0.2, 0.25) is 0 Å². The average Bonchev–Trinajstić information content (AvgIpc) is 3.10. The largest absolute Gasteiger partial charge is 0.356 e. The normalized spacial score (nSPS) is 11.0. The minimum absolute atomic E-state index is 0.152. The van der Waals surface area contributed by atoms with Crippen LogP contribution in [0.5, 0.6) is 0 Å². The van der Waals surface area contributed by atoms with Crippen LogP contribution in [0.2, 0.25) is 5.02 Å². The fourth-order valence-corrected chi connectivity index (χ4v) is 3.01. The molecule has 0 bridgehead atoms. The number of nitrogens with zero attached hydrogens (tertiary/aromatic N) is 2. The van der Waals surface area contributed by atoms with Crippen LogP contribution in [0.3, 0.4) is 0 Å². The minimum atomic E-state index is -0.313. The van der Waals surface area contributed by atoms with Crippen molar-refractivity contribution in [1.82, 2.24) is 10.1 Å². The molecule has 140 valence electrons. The molecule has 1 amide bonds. The van der Waals surface area contributed by atoms with E-state index in [1.54, 1.807) is 47.4 Å². The van der Waals surface area contributed by atoms with Gasteiger partial charge in [0.05, 0.1) is 17.1 Å². The van der Waals surface area contributed by atoms with Gasteiger partial charge in [0, 0.05) is 18.2 Å². The van der Waals surface area contributed by atoms with Gasteiger partial charge in [-0.15, -0.1) is 0 Å². The Hall–Kier alpha value is -2.66. The summed E-state index contributed by atoms with van der Waals surface area (Å²) in [5.41, 5.74) is 1.81. The molecular formula is C21H20ClFN2O2. The number of carbonyl (C=O) groups excluding carboxylic acids is 1. The Kier molecular flexibility index (Phi) is 5.91. The van der Waals surface area contributed by atoms with E-state index in [1.165, 1.54) is 12.1 Å². The molecule has 0 saturated heterocycles. The zero-order valence-corrected chi connectivity index (χ0v) is 15.9. The van der Waals surface area contributed by atoms with Gasteiger partial charge in [-0.3, -0.25) is 4.79 Å². The van der Waals surface area contributed by atoms with Gasteiger partial charge >= 0.3 is 0 Å². The van der Waals surface area contributed by atoms with E-state index >= 15 is 0 Å². The summed E-state index contributed by atoms with van der Waals surface area (Å²) in [5, 5.41) is 4.48. The Labute approximate surface area is 162 Å². The van der Waals surface area contributed by atoms with Gasteiger partial charge in [-0.2, -0.15) is 0 Å². The standard InChI is InChI=1S/C21H20ClFN2O2/c1-14(2)12-25(21(26)18-5-3-4-6-19(18)22)13-17-11-20(27-24-17)15-7-9-16(23)10-8-15/h3-11,14H,12-13H2,1-2H3. The van der Waals surface area contributed by atoms with Crippen LogP contribution in [0.1, 0.15) is 29.9 Å². The van der Waals surface area contributed by atoms with Crippen LogP contribution in [-0.4, -0.2) is 22.5 Å². The first-order valence-corrected chi connectivity index (χ1v) is 9.07. The molecule has 0 aliphatic heterocycles. The summed E-state index contributed by atoms with van der Waals surface area (Å²) in [7, 11) is 0. The van der Waals surface area contributed by atoms with Crippen LogP contribution in [0.4, 0.5) is 4.39 Å². The van der Waals surface area contributed by atoms with Gasteiger partial charge in [-0.1, -0.05) is 42.7 Å². The highest BCUT2D eigenvalue weighted by molar-refractivity contribution is 6.33. The molecule has 0 fully saturated rings. The van der Waals surface area contributed by atoms with E-state index in [0.717, 1.165) is 5.56 Å². The lowest BCUT2D eigenvalue weighted by molar-refractivity contribution is 0.0719. The van der Waals surface area contributed by atoms with Crippen LogP contribution in [0.25, 0.3) is 11.3 Å². The number of rotatable bonds is 6. The minimum Gasteiger partial charge on any atom is -0.356 e. The van der Waals surface area contributed by atoms with Crippen LogP contribution in [0.15, 0.2) is 59.1 Å². The average molecular weight is 387 g/mol. The second-order valence-electron chi connectivity index (χ2n) is 6.75. The quantitative estimate of drug-likeness (QED) is 0.567. The van der Waals surface area contributed by atoms with Crippen molar-refractivity contribution in [2.45, 2.75) is 20.4 Å². The number of halogens is 2. The molecule has 0 N–H and O–H groups in total. The maximum Gasteiger partial charge on any atom is 0.255 e. The van der Waals surface area contributed by atoms with E-state index in [4.69, 9.17) is 16.1 Å². The zero-order chi connectivity index (χ0) is 19.4. The summed E-state index contributed by atoms with van der Waals surface area (Å²) in [6.07, 6.45) is 0. The van der Waals surface area contributed by atoms with E-state index in [0.29, 0.717) is 35.1 Å². The third kappa shape index (κ3) is 4.74. The molecule has 4 nitrogen and oxygen atoms in total. The Morgan fingerprint density at radius 2 is 1.89 bits per heavy atom. The summed E-state index contributed by atoms with van der Waals surface area (Å²) in [6.45, 7) is 4.94. The van der Waals surface area contributed by atoms with Gasteiger partial charge in [-0.05, 0) is 42.3 Å². The SMILES string of the molecule is CC(C)CN(Cc1cc(-c2ccc(F)cc2)on1)C(=O)c1ccccc1Cl. The first-order valence-electron chi connectivity index (χ1n) is 8.69.